The molecule has 0 bridgehead atoms. The Kier molecular flexibility index (Phi) is 14.0. The average molecular weight is 931 g/mol. The van der Waals surface area contributed by atoms with Gasteiger partial charge in [0.1, 0.15) is 0 Å². The second-order valence-electron chi connectivity index (χ2n) is 15.0. The normalized spacial score (nSPS) is 15.2. The molecule has 0 N–H and O–H groups in total. The summed E-state index contributed by atoms with van der Waals surface area (Å²) < 4.78 is 54.5. The molecule has 2 aliphatic rings. The summed E-state index contributed by atoms with van der Waals surface area (Å²) in [5.74, 6) is 0. The zero-order valence-corrected chi connectivity index (χ0v) is 38.1. The van der Waals surface area contributed by atoms with E-state index in [1.165, 1.54) is 61.7 Å². The van der Waals surface area contributed by atoms with Crippen molar-refractivity contribution in [3.63, 3.8) is 0 Å². The van der Waals surface area contributed by atoms with Gasteiger partial charge in [-0.15, -0.1) is 22.7 Å². The third-order valence-electron chi connectivity index (χ3n) is 10.9. The van der Waals surface area contributed by atoms with E-state index in [2.05, 4.69) is 67.0 Å². The molecular weight excluding hydrogens is 885 g/mol. The van der Waals surface area contributed by atoms with Crippen LogP contribution in [0.4, 0.5) is 21.6 Å². The van der Waals surface area contributed by atoms with Crippen molar-refractivity contribution in [3.05, 3.63) is 139 Å². The summed E-state index contributed by atoms with van der Waals surface area (Å²) in [7, 11) is -7.57. The van der Waals surface area contributed by atoms with Crippen LogP contribution in [0.5, 0.6) is 0 Å². The molecule has 330 valence electrons. The number of aryl methyl sites for hydroxylation is 3. The first-order valence-corrected chi connectivity index (χ1v) is 24.9. The summed E-state index contributed by atoms with van der Waals surface area (Å²) >= 11 is 3.10. The van der Waals surface area contributed by atoms with Gasteiger partial charge in [-0.1, -0.05) is 67.9 Å². The Morgan fingerprint density at radius 3 is 1.48 bits per heavy atom. The van der Waals surface area contributed by atoms with Gasteiger partial charge in [0, 0.05) is 98.5 Å². The van der Waals surface area contributed by atoms with Crippen LogP contribution < -0.4 is 9.80 Å². The Morgan fingerprint density at radius 1 is 0.603 bits per heavy atom. The van der Waals surface area contributed by atoms with E-state index < -0.39 is 29.9 Å². The minimum absolute atomic E-state index is 0.0526. The van der Waals surface area contributed by atoms with E-state index >= 15 is 0 Å². The van der Waals surface area contributed by atoms with E-state index in [9.17, 15) is 37.1 Å². The van der Waals surface area contributed by atoms with Crippen LogP contribution >= 0.6 is 22.7 Å². The van der Waals surface area contributed by atoms with Gasteiger partial charge in [0.05, 0.1) is 31.0 Å². The lowest BCUT2D eigenvalue weighted by molar-refractivity contribution is -0.385. The molecule has 2 aromatic heterocycles. The number of rotatable bonds is 12. The monoisotopic (exact) mass is 930 g/mol. The average Bonchev–Trinajstić information content (AvgIpc) is 3.99. The van der Waals surface area contributed by atoms with Crippen molar-refractivity contribution < 1.29 is 26.7 Å². The largest absolute Gasteiger partial charge is 0.345 e. The summed E-state index contributed by atoms with van der Waals surface area (Å²) in [5.41, 5.74) is 7.24. The SMILES string of the molecule is CCCc1ccc(-c2csc(N3CCN(S(=O)(=O)c4cccc([N+](=O)[O-])c4)CC3)n2)cc1.Cc1cccc(C)c1-c1csc(N2CCN(S(=O)(=O)c3cccc([N+](=O)[O-])c3)CC2)n1. The molecular formula is C43H46N8O8S4. The number of hydrogen-bond acceptors (Lipinski definition) is 14. The fraction of sp³-hybridized carbons (Fsp3) is 0.302. The standard InChI is InChI=1S/C22H24N4O4S2.C21H22N4O4S2/c1-2-4-17-7-9-18(10-8-17)21-16-31-22(23-21)24-11-13-25(14-12-24)32(29,30)20-6-3-5-19(15-20)26(27)28;1-15-5-3-6-16(2)20(15)19-14-30-21(22-19)23-9-11-24(12-10-23)31(28,29)18-8-4-7-17(13-18)25(26)27/h3,5-10,15-16H,2,4,11-14H2,1H3;3-8,13-14H,9-12H2,1-2H3. The Labute approximate surface area is 374 Å². The van der Waals surface area contributed by atoms with E-state index in [1.54, 1.807) is 22.7 Å². The maximum absolute atomic E-state index is 12.9. The van der Waals surface area contributed by atoms with Gasteiger partial charge in [0.25, 0.3) is 11.4 Å². The van der Waals surface area contributed by atoms with Gasteiger partial charge in [-0.25, -0.2) is 26.8 Å². The quantitative estimate of drug-likeness (QED) is 0.0849. The number of benzene rings is 4. The maximum atomic E-state index is 12.9. The highest BCUT2D eigenvalue weighted by molar-refractivity contribution is 7.89. The van der Waals surface area contributed by atoms with Gasteiger partial charge >= 0.3 is 0 Å². The van der Waals surface area contributed by atoms with E-state index in [4.69, 9.17) is 9.97 Å². The predicted octanol–water partition coefficient (Wildman–Crippen LogP) is 8.03. The highest BCUT2D eigenvalue weighted by Gasteiger charge is 2.32. The predicted molar refractivity (Wildman–Crippen MR) is 247 cm³/mol. The maximum Gasteiger partial charge on any atom is 0.270 e. The minimum Gasteiger partial charge on any atom is -0.345 e. The molecule has 0 spiro atoms. The molecule has 0 unspecified atom stereocenters. The molecule has 2 saturated heterocycles. The van der Waals surface area contributed by atoms with Crippen LogP contribution in [0.15, 0.2) is 112 Å². The number of thiazole rings is 2. The highest BCUT2D eigenvalue weighted by Crippen LogP contribution is 2.33. The third kappa shape index (κ3) is 10.3. The third-order valence-corrected chi connectivity index (χ3v) is 16.5. The van der Waals surface area contributed by atoms with Crippen LogP contribution in [0.2, 0.25) is 0 Å². The van der Waals surface area contributed by atoms with Gasteiger partial charge in [0.2, 0.25) is 20.0 Å². The molecule has 4 aromatic carbocycles. The number of sulfonamides is 2. The van der Waals surface area contributed by atoms with Gasteiger partial charge in [-0.2, -0.15) is 8.61 Å². The second kappa shape index (κ2) is 19.4. The molecule has 4 heterocycles. The number of aromatic nitrogens is 2. The van der Waals surface area contributed by atoms with Gasteiger partial charge < -0.3 is 9.80 Å². The van der Waals surface area contributed by atoms with Crippen molar-refractivity contribution in [2.75, 3.05) is 62.2 Å². The molecule has 16 nitrogen and oxygen atoms in total. The van der Waals surface area contributed by atoms with Gasteiger partial charge in [-0.3, -0.25) is 20.2 Å². The molecule has 0 amide bonds. The first kappa shape index (κ1) is 45.4. The molecule has 0 atom stereocenters. The summed E-state index contributed by atoms with van der Waals surface area (Å²) in [5, 5.41) is 27.8. The van der Waals surface area contributed by atoms with Crippen LogP contribution in [0.3, 0.4) is 0 Å². The van der Waals surface area contributed by atoms with Gasteiger partial charge in [-0.05, 0) is 49.1 Å². The molecule has 63 heavy (non-hydrogen) atoms. The number of hydrogen-bond donors (Lipinski definition) is 0. The molecule has 2 aliphatic heterocycles. The lowest BCUT2D eigenvalue weighted by atomic mass is 10.0. The Morgan fingerprint density at radius 2 is 1.03 bits per heavy atom. The van der Waals surface area contributed by atoms with E-state index in [1.807, 2.05) is 16.8 Å². The second-order valence-corrected chi connectivity index (χ2v) is 20.6. The van der Waals surface area contributed by atoms with Crippen LogP contribution in [0.1, 0.15) is 30.0 Å². The number of piperazine rings is 2. The van der Waals surface area contributed by atoms with Gasteiger partial charge in [0.15, 0.2) is 10.3 Å². The number of anilines is 2. The first-order valence-electron chi connectivity index (χ1n) is 20.2. The number of nitrogens with zero attached hydrogens (tertiary/aromatic N) is 8. The fourth-order valence-electron chi connectivity index (χ4n) is 7.47. The van der Waals surface area contributed by atoms with Crippen LogP contribution in [-0.4, -0.2) is 97.6 Å². The van der Waals surface area contributed by atoms with Crippen molar-refractivity contribution in [1.82, 2.24) is 18.6 Å². The Hall–Kier alpha value is -5.64. The summed E-state index contributed by atoms with van der Waals surface area (Å²) in [6.45, 7) is 9.52. The summed E-state index contributed by atoms with van der Waals surface area (Å²) in [6, 6.07) is 25.0. The van der Waals surface area contributed by atoms with Crippen molar-refractivity contribution in [2.24, 2.45) is 0 Å². The molecule has 0 aliphatic carbocycles. The topological polar surface area (TPSA) is 193 Å². The molecule has 8 rings (SSSR count). The molecule has 2 fully saturated rings. The van der Waals surface area contributed by atoms with E-state index in [0.717, 1.165) is 57.8 Å². The Bertz CT molecular complexity index is 2800. The first-order chi connectivity index (χ1) is 30.1. The zero-order chi connectivity index (χ0) is 44.9. The highest BCUT2D eigenvalue weighted by atomic mass is 32.2. The zero-order valence-electron chi connectivity index (χ0n) is 34.9. The van der Waals surface area contributed by atoms with Crippen molar-refractivity contribution in [1.29, 1.82) is 0 Å². The lowest BCUT2D eigenvalue weighted by Gasteiger charge is -2.33. The minimum atomic E-state index is -3.79. The number of nitro groups is 2. The Balaban J connectivity index is 0.000000189. The van der Waals surface area contributed by atoms with Crippen LogP contribution in [-0.2, 0) is 26.5 Å². The lowest BCUT2D eigenvalue weighted by Crippen LogP contribution is -2.48. The summed E-state index contributed by atoms with van der Waals surface area (Å²) in [4.78, 5) is 34.4. The molecule has 0 saturated carbocycles. The van der Waals surface area contributed by atoms with Crippen LogP contribution in [0.25, 0.3) is 22.5 Å². The number of nitro benzene ring substituents is 2. The number of non-ortho nitro benzene ring substituents is 2. The van der Waals surface area contributed by atoms with E-state index in [0.29, 0.717) is 52.4 Å². The van der Waals surface area contributed by atoms with Crippen molar-refractivity contribution in [2.45, 2.75) is 43.4 Å². The molecule has 0 radical (unpaired) electrons. The summed E-state index contributed by atoms with van der Waals surface area (Å²) in [6.07, 6.45) is 2.18. The fourth-order valence-corrected chi connectivity index (χ4v) is 12.2. The molecule has 20 heteroatoms. The van der Waals surface area contributed by atoms with E-state index in [-0.39, 0.29) is 21.2 Å². The smallest absolute Gasteiger partial charge is 0.270 e. The van der Waals surface area contributed by atoms with Crippen molar-refractivity contribution >= 4 is 64.4 Å². The van der Waals surface area contributed by atoms with Crippen LogP contribution in [0, 0.1) is 34.1 Å². The molecule has 6 aromatic rings. The van der Waals surface area contributed by atoms with Crippen molar-refractivity contribution in [3.8, 4) is 22.5 Å².